The van der Waals surface area contributed by atoms with Crippen LogP contribution in [0.3, 0.4) is 0 Å². The van der Waals surface area contributed by atoms with Crippen LogP contribution in [0.4, 0.5) is 0 Å². The van der Waals surface area contributed by atoms with E-state index in [1.165, 1.54) is 31.0 Å². The molecule has 0 spiro atoms. The van der Waals surface area contributed by atoms with Crippen LogP contribution in [0.1, 0.15) is 33.2 Å². The normalized spacial score (nSPS) is 12.8. The summed E-state index contributed by atoms with van der Waals surface area (Å²) in [6, 6.07) is 0.594. The lowest BCUT2D eigenvalue weighted by atomic mass is 10.1. The number of methoxy groups -OCH3 is 2. The van der Waals surface area contributed by atoms with Crippen molar-refractivity contribution in [3.05, 3.63) is 27.1 Å². The topological polar surface area (TPSA) is 66.8 Å². The molecule has 0 amide bonds. The number of carbonyl (C=O) groups excluding carboxylic acids is 1. The van der Waals surface area contributed by atoms with Gasteiger partial charge in [0.05, 0.1) is 17.8 Å². The van der Waals surface area contributed by atoms with Crippen LogP contribution in [0.15, 0.2) is 21.5 Å². The molecule has 0 fully saturated rings. The van der Waals surface area contributed by atoms with E-state index in [-0.39, 0.29) is 5.56 Å². The average molecular weight is 376 g/mol. The first-order chi connectivity index (χ1) is 10.2. The first-order valence-corrected chi connectivity index (χ1v) is 7.66. The highest BCUT2D eigenvalue weighted by Crippen LogP contribution is 2.25. The van der Waals surface area contributed by atoms with Crippen LogP contribution in [-0.2, 0) is 14.3 Å². The molecule has 124 valence electrons. The lowest BCUT2D eigenvalue weighted by Crippen LogP contribution is -2.35. The quantitative estimate of drug-likeness (QED) is 0.714. The number of halogens is 1. The van der Waals surface area contributed by atoms with Crippen LogP contribution in [0.2, 0.25) is 0 Å². The summed E-state index contributed by atoms with van der Waals surface area (Å²) in [5.41, 5.74) is -0.953. The molecule has 0 radical (unpaired) electrons. The zero-order chi connectivity index (χ0) is 16.9. The van der Waals surface area contributed by atoms with Gasteiger partial charge in [-0.25, -0.2) is 4.79 Å². The third-order valence-corrected chi connectivity index (χ3v) is 3.45. The van der Waals surface area contributed by atoms with E-state index in [1.54, 1.807) is 20.8 Å². The molecule has 1 rings (SSSR count). The molecular formula is C15H22BrNO5. The molecule has 1 unspecified atom stereocenters. The summed E-state index contributed by atoms with van der Waals surface area (Å²) in [4.78, 5) is 24.6. The lowest BCUT2D eigenvalue weighted by Gasteiger charge is -2.25. The Morgan fingerprint density at radius 3 is 2.50 bits per heavy atom. The van der Waals surface area contributed by atoms with Gasteiger partial charge < -0.3 is 14.2 Å². The first kappa shape index (κ1) is 18.7. The standard InChI is InChI=1S/C15H22BrNO5/c1-15(2,3)22-14(19)11(6-7-20-4)17-9-12(21-5)10(16)8-13(17)18/h8-9,11H,6-7H2,1-5H3. The van der Waals surface area contributed by atoms with Gasteiger partial charge in [-0.15, -0.1) is 0 Å². The number of hydrogen-bond acceptors (Lipinski definition) is 5. The minimum Gasteiger partial charge on any atom is -0.494 e. The molecule has 6 nitrogen and oxygen atoms in total. The number of nitrogens with zero attached hydrogens (tertiary/aromatic N) is 1. The fourth-order valence-electron chi connectivity index (χ4n) is 1.87. The first-order valence-electron chi connectivity index (χ1n) is 6.87. The fraction of sp³-hybridized carbons (Fsp3) is 0.600. The van der Waals surface area contributed by atoms with Crippen LogP contribution in [0.25, 0.3) is 0 Å². The van der Waals surface area contributed by atoms with E-state index in [2.05, 4.69) is 15.9 Å². The minimum atomic E-state index is -0.770. The van der Waals surface area contributed by atoms with E-state index in [4.69, 9.17) is 14.2 Å². The Labute approximate surface area is 138 Å². The van der Waals surface area contributed by atoms with Gasteiger partial charge in [-0.3, -0.25) is 9.36 Å². The van der Waals surface area contributed by atoms with Crippen molar-refractivity contribution in [2.24, 2.45) is 0 Å². The summed E-state index contributed by atoms with van der Waals surface area (Å²) in [6.45, 7) is 5.67. The highest BCUT2D eigenvalue weighted by molar-refractivity contribution is 9.10. The smallest absolute Gasteiger partial charge is 0.329 e. The van der Waals surface area contributed by atoms with E-state index >= 15 is 0 Å². The zero-order valence-corrected chi connectivity index (χ0v) is 15.1. The van der Waals surface area contributed by atoms with E-state index in [0.29, 0.717) is 23.2 Å². The van der Waals surface area contributed by atoms with E-state index in [9.17, 15) is 9.59 Å². The van der Waals surface area contributed by atoms with Gasteiger partial charge >= 0.3 is 5.97 Å². The van der Waals surface area contributed by atoms with Crippen molar-refractivity contribution in [1.29, 1.82) is 0 Å². The predicted molar refractivity (Wildman–Crippen MR) is 86.3 cm³/mol. The molecule has 0 N–H and O–H groups in total. The number of hydrogen-bond donors (Lipinski definition) is 0. The molecule has 0 saturated carbocycles. The number of aromatic nitrogens is 1. The van der Waals surface area contributed by atoms with Crippen molar-refractivity contribution in [2.45, 2.75) is 38.8 Å². The zero-order valence-electron chi connectivity index (χ0n) is 13.5. The van der Waals surface area contributed by atoms with Crippen molar-refractivity contribution >= 4 is 21.9 Å². The maximum Gasteiger partial charge on any atom is 0.329 e. The third-order valence-electron chi connectivity index (χ3n) is 2.83. The fourth-order valence-corrected chi connectivity index (χ4v) is 2.33. The molecule has 7 heteroatoms. The van der Waals surface area contributed by atoms with Crippen LogP contribution in [0, 0.1) is 0 Å². The van der Waals surface area contributed by atoms with Gasteiger partial charge in [-0.1, -0.05) is 0 Å². The number of carbonyl (C=O) groups is 1. The van der Waals surface area contributed by atoms with Gasteiger partial charge in [-0.05, 0) is 36.7 Å². The Balaban J connectivity index is 3.22. The summed E-state index contributed by atoms with van der Waals surface area (Å²) in [5.74, 6) is -0.0124. The van der Waals surface area contributed by atoms with Crippen LogP contribution in [0.5, 0.6) is 5.75 Å². The molecule has 1 atom stereocenters. The second-order valence-electron chi connectivity index (χ2n) is 5.77. The van der Waals surface area contributed by atoms with E-state index in [1.807, 2.05) is 0 Å². The molecule has 1 heterocycles. The van der Waals surface area contributed by atoms with Gasteiger partial charge in [0.25, 0.3) is 5.56 Å². The molecular weight excluding hydrogens is 354 g/mol. The number of pyridine rings is 1. The summed E-state index contributed by atoms with van der Waals surface area (Å²) >= 11 is 3.25. The Bertz CT molecular complexity index is 576. The Morgan fingerprint density at radius 2 is 2.00 bits per heavy atom. The number of rotatable bonds is 6. The number of esters is 1. The summed E-state index contributed by atoms with van der Waals surface area (Å²) in [5, 5.41) is 0. The second kappa shape index (κ2) is 7.78. The molecule has 0 aromatic carbocycles. The molecule has 1 aromatic heterocycles. The molecule has 1 aromatic rings. The molecule has 0 bridgehead atoms. The molecule has 22 heavy (non-hydrogen) atoms. The summed E-state index contributed by atoms with van der Waals surface area (Å²) in [6.07, 6.45) is 1.83. The molecule has 0 aliphatic heterocycles. The monoisotopic (exact) mass is 375 g/mol. The summed E-state index contributed by atoms with van der Waals surface area (Å²) < 4.78 is 17.5. The van der Waals surface area contributed by atoms with Crippen molar-refractivity contribution in [2.75, 3.05) is 20.8 Å². The maximum absolute atomic E-state index is 12.4. The van der Waals surface area contributed by atoms with Gasteiger partial charge in [0.1, 0.15) is 17.4 Å². The number of ether oxygens (including phenoxy) is 3. The van der Waals surface area contributed by atoms with Crippen LogP contribution < -0.4 is 10.3 Å². The Kier molecular flexibility index (Phi) is 6.62. The second-order valence-corrected chi connectivity index (χ2v) is 6.62. The van der Waals surface area contributed by atoms with E-state index < -0.39 is 17.6 Å². The van der Waals surface area contributed by atoms with Crippen molar-refractivity contribution in [3.63, 3.8) is 0 Å². The van der Waals surface area contributed by atoms with Crippen molar-refractivity contribution in [1.82, 2.24) is 4.57 Å². The Hall–Kier alpha value is -1.34. The molecule has 0 aliphatic rings. The highest BCUT2D eigenvalue weighted by atomic mass is 79.9. The molecule has 0 saturated heterocycles. The predicted octanol–water partition coefficient (Wildman–Crippen LogP) is 2.54. The van der Waals surface area contributed by atoms with Crippen LogP contribution in [-0.4, -0.2) is 37.0 Å². The van der Waals surface area contributed by atoms with Crippen molar-refractivity contribution < 1.29 is 19.0 Å². The lowest BCUT2D eigenvalue weighted by molar-refractivity contribution is -0.159. The van der Waals surface area contributed by atoms with Gasteiger partial charge in [0.15, 0.2) is 0 Å². The van der Waals surface area contributed by atoms with Gasteiger partial charge in [-0.2, -0.15) is 0 Å². The summed E-state index contributed by atoms with van der Waals surface area (Å²) in [7, 11) is 3.03. The molecule has 0 aliphatic carbocycles. The van der Waals surface area contributed by atoms with Gasteiger partial charge in [0.2, 0.25) is 0 Å². The van der Waals surface area contributed by atoms with Crippen molar-refractivity contribution in [3.8, 4) is 5.75 Å². The largest absolute Gasteiger partial charge is 0.494 e. The van der Waals surface area contributed by atoms with Crippen LogP contribution >= 0.6 is 15.9 Å². The van der Waals surface area contributed by atoms with E-state index in [0.717, 1.165) is 0 Å². The Morgan fingerprint density at radius 1 is 1.36 bits per heavy atom. The van der Waals surface area contributed by atoms with Gasteiger partial charge in [0, 0.05) is 26.2 Å². The highest BCUT2D eigenvalue weighted by Gasteiger charge is 2.27. The maximum atomic E-state index is 12.4. The average Bonchev–Trinajstić information content (AvgIpc) is 2.39. The third kappa shape index (κ3) is 5.14. The SMILES string of the molecule is COCCC(C(=O)OC(C)(C)C)n1cc(OC)c(Br)cc1=O. The minimum absolute atomic E-state index is 0.320.